The number of carbonyl (C=O) groups is 2. The Bertz CT molecular complexity index is 1050. The average Bonchev–Trinajstić information content (AvgIpc) is 2.87. The molecule has 4 rings (SSSR count). The SMILES string of the molecule is CC1(C)CN[C@@H](C(=O)N(c2ccc(C(C)(C)C)cc2)C(C(=O)NC2CCOCC2)c2cccnc2)CO1. The number of rotatable bonds is 6. The van der Waals surface area contributed by atoms with E-state index in [2.05, 4.69) is 36.4 Å². The molecule has 2 amide bonds. The molecule has 2 atom stereocenters. The van der Waals surface area contributed by atoms with E-state index in [1.807, 2.05) is 44.2 Å². The van der Waals surface area contributed by atoms with E-state index in [0.717, 1.165) is 18.4 Å². The van der Waals surface area contributed by atoms with Crippen LogP contribution < -0.4 is 15.5 Å². The van der Waals surface area contributed by atoms with Gasteiger partial charge in [-0.3, -0.25) is 19.5 Å². The third-order valence-corrected chi connectivity index (χ3v) is 7.04. The number of anilines is 1. The van der Waals surface area contributed by atoms with Gasteiger partial charge in [0.15, 0.2) is 0 Å². The molecule has 2 aliphatic heterocycles. The molecule has 8 nitrogen and oxygen atoms in total. The maximum absolute atomic E-state index is 14.2. The molecule has 2 fully saturated rings. The molecule has 2 aromatic rings. The lowest BCUT2D eigenvalue weighted by atomic mass is 9.87. The van der Waals surface area contributed by atoms with Crippen molar-refractivity contribution in [2.45, 2.75) is 76.6 Å². The fraction of sp³-hybridized carbons (Fsp3) is 0.552. The van der Waals surface area contributed by atoms with Gasteiger partial charge in [0.25, 0.3) is 0 Å². The second-order valence-corrected chi connectivity index (χ2v) is 11.6. The highest BCUT2D eigenvalue weighted by Gasteiger charge is 2.40. The molecule has 0 aliphatic carbocycles. The zero-order valence-corrected chi connectivity index (χ0v) is 22.6. The van der Waals surface area contributed by atoms with Gasteiger partial charge in [0.1, 0.15) is 12.1 Å². The largest absolute Gasteiger partial charge is 0.381 e. The van der Waals surface area contributed by atoms with Crippen LogP contribution in [0.2, 0.25) is 0 Å². The van der Waals surface area contributed by atoms with Gasteiger partial charge in [0.2, 0.25) is 11.8 Å². The van der Waals surface area contributed by atoms with Crippen LogP contribution in [0.1, 0.15) is 64.6 Å². The van der Waals surface area contributed by atoms with Crippen molar-refractivity contribution < 1.29 is 19.1 Å². The zero-order chi connectivity index (χ0) is 26.6. The Kier molecular flexibility index (Phi) is 8.31. The number of hydrogen-bond acceptors (Lipinski definition) is 6. The van der Waals surface area contributed by atoms with E-state index >= 15 is 0 Å². The monoisotopic (exact) mass is 508 g/mol. The summed E-state index contributed by atoms with van der Waals surface area (Å²) in [6, 6.07) is 10.1. The number of hydrogen-bond donors (Lipinski definition) is 2. The fourth-order valence-electron chi connectivity index (χ4n) is 4.72. The summed E-state index contributed by atoms with van der Waals surface area (Å²) in [5, 5.41) is 6.52. The Balaban J connectivity index is 1.73. The lowest BCUT2D eigenvalue weighted by Crippen LogP contribution is -2.59. The third-order valence-electron chi connectivity index (χ3n) is 7.04. The van der Waals surface area contributed by atoms with Crippen molar-refractivity contribution in [1.82, 2.24) is 15.6 Å². The molecule has 0 radical (unpaired) electrons. The Hall–Kier alpha value is -2.81. The maximum atomic E-state index is 14.2. The average molecular weight is 509 g/mol. The number of morpholine rings is 1. The molecule has 2 saturated heterocycles. The van der Waals surface area contributed by atoms with Gasteiger partial charge in [0.05, 0.1) is 12.2 Å². The highest BCUT2D eigenvalue weighted by atomic mass is 16.5. The number of ether oxygens (including phenoxy) is 2. The van der Waals surface area contributed by atoms with Gasteiger partial charge in [-0.25, -0.2) is 0 Å². The third kappa shape index (κ3) is 6.74. The summed E-state index contributed by atoms with van der Waals surface area (Å²) in [7, 11) is 0. The number of nitrogens with one attached hydrogen (secondary N) is 2. The van der Waals surface area contributed by atoms with Crippen molar-refractivity contribution in [3.63, 3.8) is 0 Å². The number of amides is 2. The van der Waals surface area contributed by atoms with Crippen LogP contribution >= 0.6 is 0 Å². The molecule has 0 spiro atoms. The summed E-state index contributed by atoms with van der Waals surface area (Å²) in [4.78, 5) is 34.0. The number of nitrogens with zero attached hydrogens (tertiary/aromatic N) is 2. The summed E-state index contributed by atoms with van der Waals surface area (Å²) in [5.41, 5.74) is 2.05. The number of aromatic nitrogens is 1. The highest BCUT2D eigenvalue weighted by Crippen LogP contribution is 2.32. The van der Waals surface area contributed by atoms with E-state index < -0.39 is 12.1 Å². The van der Waals surface area contributed by atoms with Crippen molar-refractivity contribution in [3.05, 3.63) is 59.9 Å². The smallest absolute Gasteiger partial charge is 0.248 e. The lowest BCUT2D eigenvalue weighted by molar-refractivity contribution is -0.132. The molecule has 8 heteroatoms. The van der Waals surface area contributed by atoms with Crippen LogP contribution in [0.3, 0.4) is 0 Å². The predicted molar refractivity (Wildman–Crippen MR) is 143 cm³/mol. The van der Waals surface area contributed by atoms with E-state index in [1.54, 1.807) is 23.4 Å². The molecule has 0 bridgehead atoms. The summed E-state index contributed by atoms with van der Waals surface area (Å²) < 4.78 is 11.4. The van der Waals surface area contributed by atoms with E-state index in [-0.39, 0.29) is 35.5 Å². The minimum atomic E-state index is -0.888. The molecule has 1 aromatic heterocycles. The van der Waals surface area contributed by atoms with Gasteiger partial charge < -0.3 is 20.1 Å². The van der Waals surface area contributed by atoms with Gasteiger partial charge in [-0.2, -0.15) is 0 Å². The maximum Gasteiger partial charge on any atom is 0.248 e. The zero-order valence-electron chi connectivity index (χ0n) is 22.6. The molecule has 2 N–H and O–H groups in total. The fourth-order valence-corrected chi connectivity index (χ4v) is 4.72. The van der Waals surface area contributed by atoms with Gasteiger partial charge in [0, 0.05) is 49.4 Å². The molecule has 2 aliphatic rings. The van der Waals surface area contributed by atoms with E-state index in [9.17, 15) is 9.59 Å². The Morgan fingerprint density at radius 3 is 2.41 bits per heavy atom. The minimum absolute atomic E-state index is 0.00224. The Labute approximate surface area is 220 Å². The molecule has 3 heterocycles. The Morgan fingerprint density at radius 2 is 1.84 bits per heavy atom. The summed E-state index contributed by atoms with van der Waals surface area (Å²) >= 11 is 0. The number of pyridine rings is 1. The number of carbonyl (C=O) groups excluding carboxylic acids is 2. The summed E-state index contributed by atoms with van der Waals surface area (Å²) in [6.07, 6.45) is 4.81. The topological polar surface area (TPSA) is 92.8 Å². The van der Waals surface area contributed by atoms with Crippen molar-refractivity contribution in [2.75, 3.05) is 31.3 Å². The van der Waals surface area contributed by atoms with Crippen LogP contribution in [0.15, 0.2) is 48.8 Å². The van der Waals surface area contributed by atoms with E-state index in [1.165, 1.54) is 0 Å². The second kappa shape index (κ2) is 11.3. The van der Waals surface area contributed by atoms with Gasteiger partial charge in [-0.1, -0.05) is 39.0 Å². The highest BCUT2D eigenvalue weighted by molar-refractivity contribution is 6.04. The van der Waals surface area contributed by atoms with E-state index in [4.69, 9.17) is 9.47 Å². The molecule has 200 valence electrons. The van der Waals surface area contributed by atoms with Crippen molar-refractivity contribution in [3.8, 4) is 0 Å². The molecule has 1 unspecified atom stereocenters. The van der Waals surface area contributed by atoms with E-state index in [0.29, 0.717) is 31.0 Å². The predicted octanol–water partition coefficient (Wildman–Crippen LogP) is 3.52. The quantitative estimate of drug-likeness (QED) is 0.620. The van der Waals surface area contributed by atoms with Crippen LogP contribution in [0, 0.1) is 0 Å². The van der Waals surface area contributed by atoms with Crippen LogP contribution in [-0.4, -0.2) is 60.8 Å². The summed E-state index contributed by atoms with van der Waals surface area (Å²) in [5.74, 6) is -0.444. The molecule has 37 heavy (non-hydrogen) atoms. The van der Waals surface area contributed by atoms with Crippen molar-refractivity contribution >= 4 is 17.5 Å². The number of benzene rings is 1. The first kappa shape index (κ1) is 27.2. The minimum Gasteiger partial charge on any atom is -0.381 e. The second-order valence-electron chi connectivity index (χ2n) is 11.6. The Morgan fingerprint density at radius 1 is 1.14 bits per heavy atom. The van der Waals surface area contributed by atoms with Gasteiger partial charge in [-0.05, 0) is 55.9 Å². The lowest BCUT2D eigenvalue weighted by Gasteiger charge is -2.39. The molecular weight excluding hydrogens is 468 g/mol. The van der Waals surface area contributed by atoms with Gasteiger partial charge in [-0.15, -0.1) is 0 Å². The van der Waals surface area contributed by atoms with Crippen LogP contribution in [0.5, 0.6) is 0 Å². The van der Waals surface area contributed by atoms with Gasteiger partial charge >= 0.3 is 0 Å². The normalized spacial score (nSPS) is 21.2. The first-order valence-electron chi connectivity index (χ1n) is 13.1. The first-order chi connectivity index (χ1) is 17.5. The molecule has 1 aromatic carbocycles. The molecular formula is C29H40N4O4. The standard InChI is InChI=1S/C29H40N4O4/c1-28(2,3)21-8-10-23(11-9-21)33(27(35)24-18-37-29(4,5)19-31-24)25(20-7-6-14-30-17-20)26(34)32-22-12-15-36-16-13-22/h6-11,14,17,22,24-25,31H,12-13,15-16,18-19H2,1-5H3,(H,32,34)/t24-,25?/m1/s1. The van der Waals surface area contributed by atoms with Crippen LogP contribution in [0.25, 0.3) is 0 Å². The summed E-state index contributed by atoms with van der Waals surface area (Å²) in [6.45, 7) is 12.4. The van der Waals surface area contributed by atoms with Crippen molar-refractivity contribution in [2.24, 2.45) is 0 Å². The first-order valence-corrected chi connectivity index (χ1v) is 13.1. The van der Waals surface area contributed by atoms with Crippen LogP contribution in [-0.2, 0) is 24.5 Å². The van der Waals surface area contributed by atoms with Crippen LogP contribution in [0.4, 0.5) is 5.69 Å². The molecule has 0 saturated carbocycles. The van der Waals surface area contributed by atoms with Crippen molar-refractivity contribution in [1.29, 1.82) is 0 Å².